The van der Waals surface area contributed by atoms with Crippen LogP contribution in [0.5, 0.6) is 0 Å². The number of carbonyl (C=O) groups excluding carboxylic acids is 1. The summed E-state index contributed by atoms with van der Waals surface area (Å²) in [6.07, 6.45) is 1.14. The van der Waals surface area contributed by atoms with Crippen molar-refractivity contribution in [1.82, 2.24) is 5.32 Å². The lowest BCUT2D eigenvalue weighted by atomic mass is 10.0. The fraction of sp³-hybridized carbons (Fsp3) is 0.235. The first kappa shape index (κ1) is 17.0. The van der Waals surface area contributed by atoms with Crippen molar-refractivity contribution < 1.29 is 13.2 Å². The van der Waals surface area contributed by atoms with Gasteiger partial charge in [-0.15, -0.1) is 0 Å². The number of carbonyl (C=O) groups is 1. The predicted octanol–water partition coefficient (Wildman–Crippen LogP) is 2.83. The van der Waals surface area contributed by atoms with Crippen LogP contribution in [0.1, 0.15) is 5.56 Å². The van der Waals surface area contributed by atoms with Crippen molar-refractivity contribution in [3.63, 3.8) is 0 Å². The van der Waals surface area contributed by atoms with E-state index in [0.717, 1.165) is 22.9 Å². The number of anilines is 1. The molecule has 2 aromatic carbocycles. The lowest BCUT2D eigenvalue weighted by Crippen LogP contribution is -2.32. The van der Waals surface area contributed by atoms with Gasteiger partial charge in [-0.2, -0.15) is 0 Å². The van der Waals surface area contributed by atoms with Crippen LogP contribution >= 0.6 is 0 Å². The van der Waals surface area contributed by atoms with Gasteiger partial charge in [0.15, 0.2) is 0 Å². The van der Waals surface area contributed by atoms with Crippen LogP contribution < -0.4 is 10.6 Å². The van der Waals surface area contributed by atoms with Gasteiger partial charge in [0.25, 0.3) is 0 Å². The van der Waals surface area contributed by atoms with Crippen LogP contribution in [0.2, 0.25) is 0 Å². The van der Waals surface area contributed by atoms with Gasteiger partial charge in [-0.05, 0) is 35.7 Å². The number of benzene rings is 2. The van der Waals surface area contributed by atoms with Crippen LogP contribution in [-0.4, -0.2) is 33.0 Å². The van der Waals surface area contributed by atoms with Crippen molar-refractivity contribution in [2.75, 3.05) is 23.9 Å². The van der Waals surface area contributed by atoms with E-state index >= 15 is 0 Å². The van der Waals surface area contributed by atoms with E-state index in [2.05, 4.69) is 10.6 Å². The Labute approximate surface area is 136 Å². The highest BCUT2D eigenvalue weighted by Crippen LogP contribution is 2.25. The highest BCUT2D eigenvalue weighted by molar-refractivity contribution is 7.90. The van der Waals surface area contributed by atoms with Gasteiger partial charge in [0.05, 0.1) is 5.75 Å². The molecule has 2 N–H and O–H groups in total. The van der Waals surface area contributed by atoms with Crippen molar-refractivity contribution in [2.24, 2.45) is 0 Å². The monoisotopic (exact) mass is 332 g/mol. The van der Waals surface area contributed by atoms with Gasteiger partial charge in [-0.3, -0.25) is 0 Å². The maximum atomic E-state index is 11.7. The molecule has 0 spiro atoms. The Bertz CT molecular complexity index is 787. The Morgan fingerprint density at radius 3 is 2.39 bits per heavy atom. The molecular weight excluding hydrogens is 312 g/mol. The molecular formula is C17H20N2O3S. The molecule has 0 fully saturated rings. The number of nitrogens with one attached hydrogen (secondary N) is 2. The fourth-order valence-corrected chi connectivity index (χ4v) is 2.68. The maximum Gasteiger partial charge on any atom is 0.319 e. The summed E-state index contributed by atoms with van der Waals surface area (Å²) in [5.74, 6) is -0.0770. The molecule has 0 radical (unpaired) electrons. The molecule has 2 amide bonds. The summed E-state index contributed by atoms with van der Waals surface area (Å²) >= 11 is 0. The van der Waals surface area contributed by atoms with Crippen LogP contribution in [-0.2, 0) is 9.84 Å². The third kappa shape index (κ3) is 5.41. The molecule has 122 valence electrons. The van der Waals surface area contributed by atoms with E-state index in [9.17, 15) is 13.2 Å². The Morgan fingerprint density at radius 2 is 1.78 bits per heavy atom. The Hall–Kier alpha value is -2.34. The van der Waals surface area contributed by atoms with Crippen molar-refractivity contribution in [2.45, 2.75) is 6.92 Å². The zero-order valence-corrected chi connectivity index (χ0v) is 14.0. The molecule has 0 unspecified atom stereocenters. The number of urea groups is 1. The molecule has 0 atom stereocenters. The van der Waals surface area contributed by atoms with Crippen molar-refractivity contribution in [3.05, 3.63) is 54.1 Å². The highest BCUT2D eigenvalue weighted by atomic mass is 32.2. The minimum atomic E-state index is -3.08. The fourth-order valence-electron chi connectivity index (χ4n) is 2.21. The average Bonchev–Trinajstić information content (AvgIpc) is 2.47. The zero-order valence-electron chi connectivity index (χ0n) is 13.2. The smallest absolute Gasteiger partial charge is 0.319 e. The predicted molar refractivity (Wildman–Crippen MR) is 93.3 cm³/mol. The molecule has 0 bridgehead atoms. The molecule has 0 saturated heterocycles. The van der Waals surface area contributed by atoms with E-state index in [1.807, 2.05) is 55.5 Å². The molecule has 0 saturated carbocycles. The number of hydrogen-bond acceptors (Lipinski definition) is 3. The molecule has 5 nitrogen and oxygen atoms in total. The van der Waals surface area contributed by atoms with E-state index < -0.39 is 15.9 Å². The topological polar surface area (TPSA) is 75.3 Å². The van der Waals surface area contributed by atoms with Crippen LogP contribution in [0, 0.1) is 6.92 Å². The average molecular weight is 332 g/mol. The number of aryl methyl sites for hydroxylation is 1. The quantitative estimate of drug-likeness (QED) is 0.884. The second-order valence-electron chi connectivity index (χ2n) is 5.41. The van der Waals surface area contributed by atoms with Crippen LogP contribution in [0.15, 0.2) is 48.5 Å². The standard InChI is InChI=1S/C17H20N2O3S/c1-13-12-15(19-17(20)18-10-11-23(2,21)22)8-9-16(13)14-6-4-3-5-7-14/h3-9,12H,10-11H2,1-2H3,(H2,18,19,20). The number of amides is 2. The minimum Gasteiger partial charge on any atom is -0.337 e. The molecule has 2 aromatic rings. The van der Waals surface area contributed by atoms with Crippen molar-refractivity contribution in [3.8, 4) is 11.1 Å². The molecule has 0 aliphatic rings. The van der Waals surface area contributed by atoms with Crippen LogP contribution in [0.3, 0.4) is 0 Å². The number of hydrogen-bond donors (Lipinski definition) is 2. The van der Waals surface area contributed by atoms with Gasteiger partial charge >= 0.3 is 6.03 Å². The second-order valence-corrected chi connectivity index (χ2v) is 7.67. The lowest BCUT2D eigenvalue weighted by Gasteiger charge is -2.11. The Kier molecular flexibility index (Phi) is 5.39. The molecule has 2 rings (SSSR count). The summed E-state index contributed by atoms with van der Waals surface area (Å²) in [7, 11) is -3.08. The molecule has 0 aliphatic carbocycles. The van der Waals surface area contributed by atoms with Gasteiger partial charge in [0.2, 0.25) is 0 Å². The van der Waals surface area contributed by atoms with Gasteiger partial charge in [-0.25, -0.2) is 13.2 Å². The zero-order chi connectivity index (χ0) is 16.9. The summed E-state index contributed by atoms with van der Waals surface area (Å²) < 4.78 is 22.0. The molecule has 0 aliphatic heterocycles. The van der Waals surface area contributed by atoms with Gasteiger partial charge < -0.3 is 10.6 Å². The third-order valence-electron chi connectivity index (χ3n) is 3.33. The van der Waals surface area contributed by atoms with Gasteiger partial charge in [0, 0.05) is 18.5 Å². The first-order valence-corrected chi connectivity index (χ1v) is 9.30. The first-order chi connectivity index (χ1) is 10.8. The molecule has 0 aromatic heterocycles. The summed E-state index contributed by atoms with van der Waals surface area (Å²) in [5, 5.41) is 5.23. The molecule has 6 heteroatoms. The van der Waals surface area contributed by atoms with E-state index in [1.54, 1.807) is 0 Å². The van der Waals surface area contributed by atoms with E-state index in [4.69, 9.17) is 0 Å². The highest BCUT2D eigenvalue weighted by Gasteiger charge is 2.07. The van der Waals surface area contributed by atoms with Gasteiger partial charge in [0.1, 0.15) is 9.84 Å². The number of sulfone groups is 1. The number of rotatable bonds is 5. The Morgan fingerprint density at radius 1 is 1.09 bits per heavy atom. The Balaban J connectivity index is 1.99. The van der Waals surface area contributed by atoms with E-state index in [0.29, 0.717) is 5.69 Å². The molecule has 0 heterocycles. The van der Waals surface area contributed by atoms with Crippen LogP contribution in [0.25, 0.3) is 11.1 Å². The maximum absolute atomic E-state index is 11.7. The third-order valence-corrected chi connectivity index (χ3v) is 4.27. The van der Waals surface area contributed by atoms with E-state index in [1.165, 1.54) is 0 Å². The summed E-state index contributed by atoms with van der Waals surface area (Å²) in [6, 6.07) is 15.3. The summed E-state index contributed by atoms with van der Waals surface area (Å²) in [4.78, 5) is 11.7. The largest absolute Gasteiger partial charge is 0.337 e. The normalized spacial score (nSPS) is 11.0. The SMILES string of the molecule is Cc1cc(NC(=O)NCCS(C)(=O)=O)ccc1-c1ccccc1. The van der Waals surface area contributed by atoms with Crippen molar-refractivity contribution >= 4 is 21.6 Å². The lowest BCUT2D eigenvalue weighted by molar-refractivity contribution is 0.252. The second kappa shape index (κ2) is 7.28. The minimum absolute atomic E-state index is 0.0770. The first-order valence-electron chi connectivity index (χ1n) is 7.24. The summed E-state index contributed by atoms with van der Waals surface area (Å²) in [6.45, 7) is 2.07. The van der Waals surface area contributed by atoms with Gasteiger partial charge in [-0.1, -0.05) is 36.4 Å². The van der Waals surface area contributed by atoms with E-state index in [-0.39, 0.29) is 12.3 Å². The van der Waals surface area contributed by atoms with Crippen molar-refractivity contribution in [1.29, 1.82) is 0 Å². The van der Waals surface area contributed by atoms with Crippen LogP contribution in [0.4, 0.5) is 10.5 Å². The molecule has 23 heavy (non-hydrogen) atoms. The summed E-state index contributed by atoms with van der Waals surface area (Å²) in [5.41, 5.74) is 3.94.